The van der Waals surface area contributed by atoms with E-state index in [1.807, 2.05) is 19.0 Å². The first kappa shape index (κ1) is 31.5. The number of carbonyl (C=O) groups is 1. The van der Waals surface area contributed by atoms with Gasteiger partial charge in [-0.05, 0) is 58.5 Å². The smallest absolute Gasteiger partial charge is 0.421 e. The maximum Gasteiger partial charge on any atom is 0.421 e. The van der Waals surface area contributed by atoms with E-state index in [0.717, 1.165) is 31.0 Å². The molecular formula is C31H37F4N7O2. The molecule has 9 nitrogen and oxygen atoms in total. The van der Waals surface area contributed by atoms with E-state index in [4.69, 9.17) is 14.7 Å². The summed E-state index contributed by atoms with van der Waals surface area (Å²) in [5.74, 6) is -1.00. The highest BCUT2D eigenvalue weighted by Crippen LogP contribution is 2.46. The molecule has 236 valence electrons. The molecule has 2 aromatic rings. The second-order valence-corrected chi connectivity index (χ2v) is 12.3. The van der Waals surface area contributed by atoms with Crippen molar-refractivity contribution < 1.29 is 27.1 Å². The van der Waals surface area contributed by atoms with Crippen molar-refractivity contribution in [1.82, 2.24) is 19.8 Å². The number of ether oxygens (including phenoxy) is 1. The number of nitrogens with zero attached hydrogens (tertiary/aromatic N) is 7. The number of amides is 1. The van der Waals surface area contributed by atoms with Crippen LogP contribution < -0.4 is 14.5 Å². The number of hydrogen-bond acceptors (Lipinski definition) is 8. The van der Waals surface area contributed by atoms with Crippen LogP contribution in [0.1, 0.15) is 43.0 Å². The third-order valence-corrected chi connectivity index (χ3v) is 8.67. The Bertz CT molecular complexity index is 1450. The van der Waals surface area contributed by atoms with E-state index in [2.05, 4.69) is 17.5 Å². The Hall–Kier alpha value is -3.92. The third kappa shape index (κ3) is 6.45. The molecule has 0 spiro atoms. The molecule has 5 rings (SSSR count). The number of aromatic nitrogens is 2. The highest BCUT2D eigenvalue weighted by molar-refractivity contribution is 5.87. The molecule has 1 aliphatic carbocycles. The summed E-state index contributed by atoms with van der Waals surface area (Å²) >= 11 is 0. The van der Waals surface area contributed by atoms with Gasteiger partial charge in [0.15, 0.2) is 0 Å². The zero-order valence-electron chi connectivity index (χ0n) is 25.2. The van der Waals surface area contributed by atoms with Gasteiger partial charge in [-0.25, -0.2) is 4.39 Å². The minimum absolute atomic E-state index is 0.00566. The lowest BCUT2D eigenvalue weighted by Gasteiger charge is -2.43. The summed E-state index contributed by atoms with van der Waals surface area (Å²) in [5, 5.41) is 9.48. The van der Waals surface area contributed by atoms with E-state index < -0.39 is 29.6 Å². The normalized spacial score (nSPS) is 21.1. The third-order valence-electron chi connectivity index (χ3n) is 8.67. The fraction of sp³-hybridized carbons (Fsp3) is 0.548. The van der Waals surface area contributed by atoms with Gasteiger partial charge in [-0.15, -0.1) is 0 Å². The van der Waals surface area contributed by atoms with Crippen LogP contribution in [0.2, 0.25) is 0 Å². The Labute approximate surface area is 254 Å². The summed E-state index contributed by atoms with van der Waals surface area (Å²) in [7, 11) is 4.00. The zero-order valence-corrected chi connectivity index (χ0v) is 25.2. The minimum Gasteiger partial charge on any atom is -0.463 e. The number of halogens is 4. The Morgan fingerprint density at radius 3 is 2.66 bits per heavy atom. The number of piperazine rings is 1. The molecule has 2 aliphatic heterocycles. The van der Waals surface area contributed by atoms with Crippen molar-refractivity contribution >= 4 is 17.4 Å². The van der Waals surface area contributed by atoms with Gasteiger partial charge < -0.3 is 24.3 Å². The van der Waals surface area contributed by atoms with E-state index in [0.29, 0.717) is 44.2 Å². The lowest BCUT2D eigenvalue weighted by Crippen LogP contribution is -2.55. The molecule has 3 aliphatic rings. The van der Waals surface area contributed by atoms with Crippen LogP contribution in [0, 0.1) is 22.6 Å². The van der Waals surface area contributed by atoms with Gasteiger partial charge in [0.25, 0.3) is 0 Å². The quantitative estimate of drug-likeness (QED) is 0.303. The van der Waals surface area contributed by atoms with Crippen LogP contribution in [0.25, 0.3) is 0 Å². The summed E-state index contributed by atoms with van der Waals surface area (Å²) in [4.78, 5) is 29.3. The molecule has 1 saturated heterocycles. The van der Waals surface area contributed by atoms with Crippen molar-refractivity contribution in [3.05, 3.63) is 53.5 Å². The molecule has 2 fully saturated rings. The van der Waals surface area contributed by atoms with Crippen molar-refractivity contribution in [2.24, 2.45) is 5.41 Å². The van der Waals surface area contributed by atoms with E-state index in [1.165, 1.54) is 23.1 Å². The molecule has 3 heterocycles. The van der Waals surface area contributed by atoms with Crippen molar-refractivity contribution in [3.63, 3.8) is 0 Å². The number of carbonyl (C=O) groups excluding carboxylic acids is 1. The summed E-state index contributed by atoms with van der Waals surface area (Å²) in [6.07, 6.45) is -1.22. The van der Waals surface area contributed by atoms with Gasteiger partial charge in [-0.1, -0.05) is 12.6 Å². The van der Waals surface area contributed by atoms with Gasteiger partial charge in [-0.3, -0.25) is 4.79 Å². The van der Waals surface area contributed by atoms with E-state index >= 15 is 0 Å². The summed E-state index contributed by atoms with van der Waals surface area (Å²) in [6, 6.07) is 4.82. The Morgan fingerprint density at radius 1 is 1.27 bits per heavy atom. The second kappa shape index (κ2) is 12.2. The van der Waals surface area contributed by atoms with E-state index in [-0.39, 0.29) is 36.0 Å². The Kier molecular flexibility index (Phi) is 8.75. The molecule has 1 aromatic carbocycles. The Morgan fingerprint density at radius 2 is 2.02 bits per heavy atom. The molecular weight excluding hydrogens is 578 g/mol. The first-order chi connectivity index (χ1) is 20.9. The van der Waals surface area contributed by atoms with Gasteiger partial charge in [0.2, 0.25) is 5.91 Å². The zero-order chi connectivity index (χ0) is 31.8. The van der Waals surface area contributed by atoms with Gasteiger partial charge in [0, 0.05) is 43.2 Å². The fourth-order valence-corrected chi connectivity index (χ4v) is 6.39. The number of hydrogen-bond donors (Lipinski definition) is 0. The summed E-state index contributed by atoms with van der Waals surface area (Å²) < 4.78 is 62.7. The highest BCUT2D eigenvalue weighted by Gasteiger charge is 2.45. The molecule has 1 amide bonds. The number of anilines is 2. The summed E-state index contributed by atoms with van der Waals surface area (Å²) in [5.41, 5.74) is -0.296. The molecule has 44 heavy (non-hydrogen) atoms. The molecule has 2 atom stereocenters. The van der Waals surface area contributed by atoms with Gasteiger partial charge in [0.05, 0.1) is 43.1 Å². The maximum absolute atomic E-state index is 14.6. The largest absolute Gasteiger partial charge is 0.463 e. The average molecular weight is 616 g/mol. The monoisotopic (exact) mass is 615 g/mol. The van der Waals surface area contributed by atoms with Crippen LogP contribution in [0.15, 0.2) is 30.9 Å². The highest BCUT2D eigenvalue weighted by atomic mass is 19.4. The van der Waals surface area contributed by atoms with Crippen LogP contribution in [0.4, 0.5) is 29.1 Å². The lowest BCUT2D eigenvalue weighted by atomic mass is 9.96. The Balaban J connectivity index is 1.52. The predicted octanol–water partition coefficient (Wildman–Crippen LogP) is 4.42. The second-order valence-electron chi connectivity index (χ2n) is 12.3. The van der Waals surface area contributed by atoms with Gasteiger partial charge in [0.1, 0.15) is 17.2 Å². The number of nitriles is 1. The SMILES string of the molecule is C=CC(=O)N1CCN(c2nc(OCC3(CN(C)C)CC3)nc3c2CC(C)N(c2cccc(F)c2C(F)(F)F)C3)CC1CC#N. The average Bonchev–Trinajstić information content (AvgIpc) is 3.73. The number of alkyl halides is 3. The van der Waals surface area contributed by atoms with Gasteiger partial charge >= 0.3 is 12.2 Å². The predicted molar refractivity (Wildman–Crippen MR) is 157 cm³/mol. The summed E-state index contributed by atoms with van der Waals surface area (Å²) in [6.45, 7) is 7.70. The first-order valence-corrected chi connectivity index (χ1v) is 14.7. The molecule has 1 aromatic heterocycles. The van der Waals surface area contributed by atoms with Crippen LogP contribution in [0.3, 0.4) is 0 Å². The van der Waals surface area contributed by atoms with Crippen LogP contribution in [0.5, 0.6) is 6.01 Å². The lowest BCUT2D eigenvalue weighted by molar-refractivity contribution is -0.139. The number of fused-ring (bicyclic) bond motifs is 1. The van der Waals surface area contributed by atoms with E-state index in [9.17, 15) is 27.6 Å². The molecule has 2 unspecified atom stereocenters. The van der Waals surface area contributed by atoms with Crippen LogP contribution in [-0.4, -0.2) is 84.6 Å². The van der Waals surface area contributed by atoms with Gasteiger partial charge in [-0.2, -0.15) is 28.4 Å². The fourth-order valence-electron chi connectivity index (χ4n) is 6.39. The van der Waals surface area contributed by atoms with Crippen LogP contribution in [-0.2, 0) is 23.9 Å². The molecule has 0 N–H and O–H groups in total. The molecule has 0 bridgehead atoms. The van der Waals surface area contributed by atoms with Crippen molar-refractivity contribution in [1.29, 1.82) is 5.26 Å². The van der Waals surface area contributed by atoms with Crippen molar-refractivity contribution in [2.75, 3.05) is 56.7 Å². The topological polar surface area (TPSA) is 88.8 Å². The molecule has 1 saturated carbocycles. The van der Waals surface area contributed by atoms with Crippen molar-refractivity contribution in [3.8, 4) is 12.1 Å². The molecule has 0 radical (unpaired) electrons. The number of rotatable bonds is 9. The molecule has 13 heteroatoms. The van der Waals surface area contributed by atoms with Crippen molar-refractivity contribution in [2.45, 2.75) is 57.4 Å². The first-order valence-electron chi connectivity index (χ1n) is 14.7. The van der Waals surface area contributed by atoms with Crippen LogP contribution >= 0.6 is 0 Å². The standard InChI is InChI=1S/C31H37F4N7O2/c1-5-26(43)41-14-13-40(16-21(41)9-12-36)28-22-15-20(2)42(25-8-6-7-23(32)27(25)31(33,34)35)17-24(22)37-29(38-28)44-19-30(10-11-30)18-39(3)4/h5-8,20-21H,1,9-11,13-19H2,2-4H3. The number of benzene rings is 1. The van der Waals surface area contributed by atoms with E-state index in [1.54, 1.807) is 11.8 Å². The minimum atomic E-state index is -4.88. The maximum atomic E-state index is 14.6.